The summed E-state index contributed by atoms with van der Waals surface area (Å²) in [5.41, 5.74) is 0. The highest BCUT2D eigenvalue weighted by Crippen LogP contribution is 2.31. The Morgan fingerprint density at radius 2 is 1.94 bits per heavy atom. The van der Waals surface area contributed by atoms with E-state index in [1.165, 1.54) is 44.3 Å². The number of aromatic nitrogens is 3. The van der Waals surface area contributed by atoms with E-state index >= 15 is 0 Å². The first kappa shape index (κ1) is 11.2. The van der Waals surface area contributed by atoms with Gasteiger partial charge in [0.2, 0.25) is 0 Å². The molecular formula is C13H22N4. The number of hydrogen-bond acceptors (Lipinski definition) is 3. The summed E-state index contributed by atoms with van der Waals surface area (Å²) in [7, 11) is 2.05. The van der Waals surface area contributed by atoms with Crippen molar-refractivity contribution in [3.63, 3.8) is 0 Å². The lowest BCUT2D eigenvalue weighted by atomic mass is 9.89. The molecule has 1 aliphatic carbocycles. The molecule has 4 nitrogen and oxygen atoms in total. The summed E-state index contributed by atoms with van der Waals surface area (Å²) < 4.78 is 2.02. The van der Waals surface area contributed by atoms with E-state index in [1.54, 1.807) is 0 Å². The molecule has 94 valence electrons. The van der Waals surface area contributed by atoms with Gasteiger partial charge in [-0.25, -0.2) is 4.98 Å². The van der Waals surface area contributed by atoms with Crippen molar-refractivity contribution in [3.8, 4) is 0 Å². The highest BCUT2D eigenvalue weighted by molar-refractivity contribution is 5.06. The highest BCUT2D eigenvalue weighted by atomic mass is 15.3. The molecule has 1 unspecified atom stereocenters. The first-order valence-electron chi connectivity index (χ1n) is 6.96. The molecule has 1 N–H and O–H groups in total. The standard InChI is InChI=1S/C13H22N4/c1-17-13(11-7-8-14-9-11)15-12(16-17)10-5-3-2-4-6-10/h10-11,14H,2-9H2,1H3. The quantitative estimate of drug-likeness (QED) is 0.850. The van der Waals surface area contributed by atoms with Crippen LogP contribution < -0.4 is 5.32 Å². The van der Waals surface area contributed by atoms with Crippen LogP contribution in [0, 0.1) is 0 Å². The van der Waals surface area contributed by atoms with E-state index in [0.29, 0.717) is 11.8 Å². The van der Waals surface area contributed by atoms with Crippen molar-refractivity contribution in [3.05, 3.63) is 11.6 Å². The fourth-order valence-electron chi connectivity index (χ4n) is 3.18. The molecule has 1 aromatic rings. The molecule has 3 rings (SSSR count). The van der Waals surface area contributed by atoms with E-state index in [1.807, 2.05) is 11.7 Å². The number of hydrogen-bond donors (Lipinski definition) is 1. The summed E-state index contributed by atoms with van der Waals surface area (Å²) in [6.07, 6.45) is 7.87. The predicted octanol–water partition coefficient (Wildman–Crippen LogP) is 1.94. The van der Waals surface area contributed by atoms with Gasteiger partial charge in [-0.3, -0.25) is 4.68 Å². The van der Waals surface area contributed by atoms with Crippen LogP contribution in [-0.2, 0) is 7.05 Å². The molecule has 1 aromatic heterocycles. The molecule has 17 heavy (non-hydrogen) atoms. The Hall–Kier alpha value is -0.900. The molecule has 0 spiro atoms. The fraction of sp³-hybridized carbons (Fsp3) is 0.846. The van der Waals surface area contributed by atoms with Crippen LogP contribution in [0.5, 0.6) is 0 Å². The molecule has 1 saturated carbocycles. The number of aryl methyl sites for hydroxylation is 1. The molecule has 0 amide bonds. The highest BCUT2D eigenvalue weighted by Gasteiger charge is 2.25. The van der Waals surface area contributed by atoms with Crippen molar-refractivity contribution in [2.45, 2.75) is 50.4 Å². The zero-order chi connectivity index (χ0) is 11.7. The summed E-state index contributed by atoms with van der Waals surface area (Å²) in [6, 6.07) is 0. The van der Waals surface area contributed by atoms with Gasteiger partial charge in [0.05, 0.1) is 0 Å². The Labute approximate surface area is 103 Å². The normalized spacial score (nSPS) is 26.5. The van der Waals surface area contributed by atoms with Crippen molar-refractivity contribution in [1.82, 2.24) is 20.1 Å². The molecule has 2 fully saturated rings. The smallest absolute Gasteiger partial charge is 0.154 e. The monoisotopic (exact) mass is 234 g/mol. The maximum Gasteiger partial charge on any atom is 0.154 e. The third-order valence-corrected chi connectivity index (χ3v) is 4.21. The van der Waals surface area contributed by atoms with Crippen LogP contribution in [0.1, 0.15) is 62.0 Å². The maximum atomic E-state index is 4.83. The molecule has 0 aromatic carbocycles. The zero-order valence-electron chi connectivity index (χ0n) is 10.7. The fourth-order valence-corrected chi connectivity index (χ4v) is 3.18. The second-order valence-electron chi connectivity index (χ2n) is 5.48. The van der Waals surface area contributed by atoms with Gasteiger partial charge in [-0.1, -0.05) is 19.3 Å². The molecule has 0 bridgehead atoms. The van der Waals surface area contributed by atoms with Crippen LogP contribution in [0.15, 0.2) is 0 Å². The molecule has 1 aliphatic heterocycles. The average Bonchev–Trinajstić information content (AvgIpc) is 2.99. The van der Waals surface area contributed by atoms with Crippen LogP contribution in [0.2, 0.25) is 0 Å². The lowest BCUT2D eigenvalue weighted by molar-refractivity contribution is 0.427. The van der Waals surface area contributed by atoms with Gasteiger partial charge < -0.3 is 5.32 Å². The average molecular weight is 234 g/mol. The topological polar surface area (TPSA) is 42.7 Å². The van der Waals surface area contributed by atoms with E-state index in [9.17, 15) is 0 Å². The first-order valence-corrected chi connectivity index (χ1v) is 6.96. The molecule has 1 saturated heterocycles. The molecule has 2 aliphatic rings. The Morgan fingerprint density at radius 1 is 1.12 bits per heavy atom. The van der Waals surface area contributed by atoms with E-state index < -0.39 is 0 Å². The van der Waals surface area contributed by atoms with Crippen molar-refractivity contribution < 1.29 is 0 Å². The van der Waals surface area contributed by atoms with Gasteiger partial charge in [0.1, 0.15) is 5.82 Å². The van der Waals surface area contributed by atoms with Gasteiger partial charge in [-0.05, 0) is 25.8 Å². The minimum absolute atomic E-state index is 0.574. The third kappa shape index (κ3) is 2.23. The van der Waals surface area contributed by atoms with E-state index in [-0.39, 0.29) is 0 Å². The van der Waals surface area contributed by atoms with E-state index in [4.69, 9.17) is 4.98 Å². The van der Waals surface area contributed by atoms with Crippen LogP contribution in [0.4, 0.5) is 0 Å². The second kappa shape index (κ2) is 4.77. The Morgan fingerprint density at radius 3 is 2.65 bits per heavy atom. The second-order valence-corrected chi connectivity index (χ2v) is 5.48. The van der Waals surface area contributed by atoms with Crippen molar-refractivity contribution in [2.24, 2.45) is 7.05 Å². The third-order valence-electron chi connectivity index (χ3n) is 4.21. The van der Waals surface area contributed by atoms with Crippen LogP contribution in [-0.4, -0.2) is 27.9 Å². The lowest BCUT2D eigenvalue weighted by Crippen LogP contribution is -2.11. The van der Waals surface area contributed by atoms with Crippen LogP contribution in [0.3, 0.4) is 0 Å². The summed E-state index contributed by atoms with van der Waals surface area (Å²) in [5, 5.41) is 8.06. The van der Waals surface area contributed by atoms with Gasteiger partial charge in [-0.15, -0.1) is 0 Å². The Kier molecular flexibility index (Phi) is 3.14. The van der Waals surface area contributed by atoms with Gasteiger partial charge in [0.25, 0.3) is 0 Å². The van der Waals surface area contributed by atoms with Gasteiger partial charge in [0, 0.05) is 25.4 Å². The van der Waals surface area contributed by atoms with Gasteiger partial charge in [0.15, 0.2) is 5.82 Å². The van der Waals surface area contributed by atoms with Crippen LogP contribution in [0.25, 0.3) is 0 Å². The first-order chi connectivity index (χ1) is 8.34. The van der Waals surface area contributed by atoms with Crippen molar-refractivity contribution >= 4 is 0 Å². The Balaban J connectivity index is 1.79. The van der Waals surface area contributed by atoms with E-state index in [0.717, 1.165) is 18.9 Å². The summed E-state index contributed by atoms with van der Waals surface area (Å²) >= 11 is 0. The summed E-state index contributed by atoms with van der Waals surface area (Å²) in [5.74, 6) is 3.49. The molecule has 4 heteroatoms. The lowest BCUT2D eigenvalue weighted by Gasteiger charge is -2.18. The van der Waals surface area contributed by atoms with Crippen molar-refractivity contribution in [1.29, 1.82) is 0 Å². The summed E-state index contributed by atoms with van der Waals surface area (Å²) in [6.45, 7) is 2.19. The number of nitrogens with one attached hydrogen (secondary N) is 1. The minimum atomic E-state index is 0.574. The predicted molar refractivity (Wildman–Crippen MR) is 67.1 cm³/mol. The largest absolute Gasteiger partial charge is 0.316 e. The molecule has 1 atom stereocenters. The number of nitrogens with zero attached hydrogens (tertiary/aromatic N) is 3. The van der Waals surface area contributed by atoms with Crippen LogP contribution >= 0.6 is 0 Å². The zero-order valence-corrected chi connectivity index (χ0v) is 10.7. The van der Waals surface area contributed by atoms with Gasteiger partial charge >= 0.3 is 0 Å². The van der Waals surface area contributed by atoms with Crippen molar-refractivity contribution in [2.75, 3.05) is 13.1 Å². The molecular weight excluding hydrogens is 212 g/mol. The molecule has 2 heterocycles. The maximum absolute atomic E-state index is 4.83. The SMILES string of the molecule is Cn1nc(C2CCCCC2)nc1C1CCNC1. The van der Waals surface area contributed by atoms with Gasteiger partial charge in [-0.2, -0.15) is 5.10 Å². The van der Waals surface area contributed by atoms with E-state index in [2.05, 4.69) is 10.4 Å². The minimum Gasteiger partial charge on any atom is -0.316 e. The molecule has 0 radical (unpaired) electrons. The summed E-state index contributed by atoms with van der Waals surface area (Å²) in [4.78, 5) is 4.83. The Bertz CT molecular complexity index is 373. The number of rotatable bonds is 2.